The van der Waals surface area contributed by atoms with E-state index in [1.807, 2.05) is 27.2 Å². The average Bonchev–Trinajstić information content (AvgIpc) is 3.35. The number of carbonyl (C=O) groups is 1. The first kappa shape index (κ1) is 72.0. The molecule has 434 valence electrons. The Balaban J connectivity index is 3.95. The van der Waals surface area contributed by atoms with Gasteiger partial charge in [0.2, 0.25) is 5.91 Å². The zero-order chi connectivity index (χ0) is 53.5. The number of nitrogens with zero attached hydrogens (tertiary/aromatic N) is 1. The number of hydrogen-bond donors (Lipinski definition) is 3. The molecule has 0 aromatic rings. The second-order valence-electron chi connectivity index (χ2n) is 23.5. The number of likely N-dealkylation sites (N-methyl/N-ethyl adjacent to an activating group) is 1. The second-order valence-corrected chi connectivity index (χ2v) is 24.9. The van der Waals surface area contributed by atoms with Crippen LogP contribution in [0.15, 0.2) is 24.3 Å². The lowest BCUT2D eigenvalue weighted by Gasteiger charge is -2.25. The Labute approximate surface area is 455 Å². The molecule has 0 aromatic carbocycles. The Hall–Kier alpha value is -1.02. The van der Waals surface area contributed by atoms with Gasteiger partial charge in [0, 0.05) is 6.42 Å². The summed E-state index contributed by atoms with van der Waals surface area (Å²) in [5.74, 6) is -0.170. The molecule has 3 unspecified atom stereocenters. The Morgan fingerprint density at radius 1 is 0.452 bits per heavy atom. The van der Waals surface area contributed by atoms with E-state index >= 15 is 0 Å². The Bertz CT molecular complexity index is 1240. The summed E-state index contributed by atoms with van der Waals surface area (Å²) in [5.41, 5.74) is 0. The van der Waals surface area contributed by atoms with E-state index in [1.165, 1.54) is 276 Å². The van der Waals surface area contributed by atoms with E-state index in [-0.39, 0.29) is 19.1 Å². The van der Waals surface area contributed by atoms with E-state index in [2.05, 4.69) is 31.3 Å². The van der Waals surface area contributed by atoms with Crippen molar-refractivity contribution in [3.8, 4) is 0 Å². The third-order valence-electron chi connectivity index (χ3n) is 14.9. The number of aliphatic hydroxyl groups is 1. The SMILES string of the molecule is CCCCCCCCCC/C=C\CCCCCCCCCCCCCCCCCCCCCCCCCC(=O)NC(COP(=O)(O)OCC[N+](C)(C)C)C(O)/C=C/CCCCCCCCCCCCCCCC. The van der Waals surface area contributed by atoms with Crippen molar-refractivity contribution < 1.29 is 32.9 Å². The molecule has 0 radical (unpaired) electrons. The highest BCUT2D eigenvalue weighted by molar-refractivity contribution is 7.47. The summed E-state index contributed by atoms with van der Waals surface area (Å²) in [4.78, 5) is 23.3. The Morgan fingerprint density at radius 3 is 1.05 bits per heavy atom. The Morgan fingerprint density at radius 2 is 0.740 bits per heavy atom. The van der Waals surface area contributed by atoms with Crippen molar-refractivity contribution >= 4 is 13.7 Å². The summed E-state index contributed by atoms with van der Waals surface area (Å²) >= 11 is 0. The molecule has 0 saturated carbocycles. The van der Waals surface area contributed by atoms with Gasteiger partial charge in [0.25, 0.3) is 0 Å². The van der Waals surface area contributed by atoms with Crippen molar-refractivity contribution in [3.63, 3.8) is 0 Å². The maximum absolute atomic E-state index is 13.0. The van der Waals surface area contributed by atoms with Gasteiger partial charge in [0.05, 0.1) is 39.9 Å². The highest BCUT2D eigenvalue weighted by Gasteiger charge is 2.28. The number of rotatable bonds is 60. The highest BCUT2D eigenvalue weighted by atomic mass is 31.2. The van der Waals surface area contributed by atoms with Crippen LogP contribution in [0.5, 0.6) is 0 Å². The Kier molecular flexibility index (Phi) is 54.9. The van der Waals surface area contributed by atoms with Gasteiger partial charge < -0.3 is 19.8 Å². The fraction of sp³-hybridized carbons (Fsp3) is 0.922. The molecule has 73 heavy (non-hydrogen) atoms. The maximum atomic E-state index is 13.0. The molecule has 9 heteroatoms. The van der Waals surface area contributed by atoms with Crippen LogP contribution in [0.1, 0.15) is 328 Å². The van der Waals surface area contributed by atoms with Gasteiger partial charge >= 0.3 is 7.82 Å². The van der Waals surface area contributed by atoms with Crippen LogP contribution in [0.3, 0.4) is 0 Å². The van der Waals surface area contributed by atoms with Crippen LogP contribution in [0, 0.1) is 0 Å². The minimum absolute atomic E-state index is 0.0643. The fourth-order valence-corrected chi connectivity index (χ4v) is 10.6. The third kappa shape index (κ3) is 58.5. The number of carbonyl (C=O) groups excluding carboxylic acids is 1. The average molecular weight is 1050 g/mol. The maximum Gasteiger partial charge on any atom is 0.472 e. The summed E-state index contributed by atoms with van der Waals surface area (Å²) in [6, 6.07) is -0.843. The minimum Gasteiger partial charge on any atom is -0.387 e. The molecule has 0 aliphatic rings. The van der Waals surface area contributed by atoms with Gasteiger partial charge in [-0.15, -0.1) is 0 Å². The van der Waals surface area contributed by atoms with Gasteiger partial charge in [-0.1, -0.05) is 301 Å². The molecule has 8 nitrogen and oxygen atoms in total. The zero-order valence-corrected chi connectivity index (χ0v) is 50.5. The topological polar surface area (TPSA) is 105 Å². The van der Waals surface area contributed by atoms with Gasteiger partial charge in [-0.25, -0.2) is 4.57 Å². The third-order valence-corrected chi connectivity index (χ3v) is 15.9. The number of quaternary nitrogens is 1. The van der Waals surface area contributed by atoms with Crippen LogP contribution >= 0.6 is 7.82 Å². The molecule has 0 aliphatic carbocycles. The quantitative estimate of drug-likeness (QED) is 0.0243. The summed E-state index contributed by atoms with van der Waals surface area (Å²) in [6.45, 7) is 4.86. The number of nitrogens with one attached hydrogen (secondary N) is 1. The van der Waals surface area contributed by atoms with E-state index in [1.54, 1.807) is 6.08 Å². The van der Waals surface area contributed by atoms with Crippen molar-refractivity contribution in [1.29, 1.82) is 0 Å². The predicted octanol–water partition coefficient (Wildman–Crippen LogP) is 19.9. The van der Waals surface area contributed by atoms with Crippen molar-refractivity contribution in [2.75, 3.05) is 40.9 Å². The molecular weight excluding hydrogens is 924 g/mol. The number of hydrogen-bond acceptors (Lipinski definition) is 5. The van der Waals surface area contributed by atoms with E-state index < -0.39 is 20.0 Å². The molecule has 3 N–H and O–H groups in total. The van der Waals surface area contributed by atoms with Crippen LogP contribution in [-0.2, 0) is 18.4 Å². The van der Waals surface area contributed by atoms with Crippen LogP contribution < -0.4 is 5.32 Å². The van der Waals surface area contributed by atoms with Crippen molar-refractivity contribution in [3.05, 3.63) is 24.3 Å². The molecule has 1 amide bonds. The first-order valence-corrected chi connectivity index (χ1v) is 33.7. The molecule has 0 spiro atoms. The van der Waals surface area contributed by atoms with E-state index in [4.69, 9.17) is 9.05 Å². The molecule has 0 fully saturated rings. The number of amides is 1. The van der Waals surface area contributed by atoms with Gasteiger partial charge in [0.15, 0.2) is 0 Å². The van der Waals surface area contributed by atoms with E-state index in [9.17, 15) is 19.4 Å². The molecule has 0 bridgehead atoms. The van der Waals surface area contributed by atoms with E-state index in [0.29, 0.717) is 17.4 Å². The van der Waals surface area contributed by atoms with Gasteiger partial charge in [-0.05, 0) is 44.9 Å². The predicted molar refractivity (Wildman–Crippen MR) is 318 cm³/mol. The lowest BCUT2D eigenvalue weighted by molar-refractivity contribution is -0.870. The molecule has 0 heterocycles. The monoisotopic (exact) mass is 1050 g/mol. The number of phosphoric acid groups is 1. The van der Waals surface area contributed by atoms with E-state index in [0.717, 1.165) is 32.1 Å². The second kappa shape index (κ2) is 55.7. The fourth-order valence-electron chi connectivity index (χ4n) is 9.86. The number of aliphatic hydroxyl groups excluding tert-OH is 1. The van der Waals surface area contributed by atoms with Gasteiger partial charge in [-0.3, -0.25) is 13.8 Å². The van der Waals surface area contributed by atoms with Gasteiger partial charge in [0.1, 0.15) is 13.2 Å². The number of unbranched alkanes of at least 4 members (excludes halogenated alkanes) is 45. The first-order valence-electron chi connectivity index (χ1n) is 32.2. The molecule has 0 saturated heterocycles. The summed E-state index contributed by atoms with van der Waals surface area (Å²) < 4.78 is 23.7. The number of allylic oxidation sites excluding steroid dienone is 3. The first-order chi connectivity index (χ1) is 35.5. The normalized spacial score (nSPS) is 13.9. The van der Waals surface area contributed by atoms with Crippen LogP contribution in [0.4, 0.5) is 0 Å². The molecule has 0 aromatic heterocycles. The lowest BCUT2D eigenvalue weighted by Crippen LogP contribution is -2.45. The molecule has 3 atom stereocenters. The van der Waals surface area contributed by atoms with Crippen LogP contribution in [0.25, 0.3) is 0 Å². The molecule has 0 rings (SSSR count). The van der Waals surface area contributed by atoms with Crippen LogP contribution in [-0.4, -0.2) is 73.4 Å². The van der Waals surface area contributed by atoms with Crippen LogP contribution in [0.2, 0.25) is 0 Å². The lowest BCUT2D eigenvalue weighted by atomic mass is 10.0. The highest BCUT2D eigenvalue weighted by Crippen LogP contribution is 2.43. The number of phosphoric ester groups is 1. The van der Waals surface area contributed by atoms with Gasteiger partial charge in [-0.2, -0.15) is 0 Å². The summed E-state index contributed by atoms with van der Waals surface area (Å²) in [6.07, 6.45) is 71.7. The summed E-state index contributed by atoms with van der Waals surface area (Å²) in [5, 5.41) is 13.9. The smallest absolute Gasteiger partial charge is 0.387 e. The largest absolute Gasteiger partial charge is 0.472 e. The minimum atomic E-state index is -4.34. The molecular formula is C64H128N2O6P+. The zero-order valence-electron chi connectivity index (χ0n) is 49.7. The molecule has 0 aliphatic heterocycles. The van der Waals surface area contributed by atoms with Crippen molar-refractivity contribution in [2.45, 2.75) is 341 Å². The van der Waals surface area contributed by atoms with Crippen molar-refractivity contribution in [2.24, 2.45) is 0 Å². The standard InChI is InChI=1S/C64H127N2O6P/c1-6-8-10-12-14-16-18-20-22-24-25-26-27-28-29-30-31-32-33-34-35-36-37-38-39-40-41-42-44-46-48-50-52-54-56-58-64(68)65-62(61-72-73(69,70)71-60-59-66(3,4)5)63(67)57-55-53-51-49-47-45-43-23-21-19-17-15-13-11-9-7-2/h24-25,55,57,62-63,67H,6-23,26-54,56,58-61H2,1-5H3,(H-,65,68,69,70)/p+1/b25-24-,57-55+. The summed E-state index contributed by atoms with van der Waals surface area (Å²) in [7, 11) is 1.59. The van der Waals surface area contributed by atoms with Crippen molar-refractivity contribution in [1.82, 2.24) is 5.32 Å².